The number of hydrogen-bond acceptors (Lipinski definition) is 1. The molecule has 0 aliphatic heterocycles. The van der Waals surface area contributed by atoms with Gasteiger partial charge in [-0.1, -0.05) is 67.7 Å². The van der Waals surface area contributed by atoms with Crippen LogP contribution in [0.2, 0.25) is 0 Å². The van der Waals surface area contributed by atoms with E-state index in [0.29, 0.717) is 11.5 Å². The van der Waals surface area contributed by atoms with Crippen LogP contribution in [0.4, 0.5) is 0 Å². The van der Waals surface area contributed by atoms with E-state index in [1.165, 1.54) is 57.8 Å². The molecule has 0 aromatic rings. The van der Waals surface area contributed by atoms with Crippen LogP contribution in [0.5, 0.6) is 0 Å². The summed E-state index contributed by atoms with van der Waals surface area (Å²) < 4.78 is 0. The van der Waals surface area contributed by atoms with Gasteiger partial charge in [0.05, 0.1) is 0 Å². The fourth-order valence-corrected chi connectivity index (χ4v) is 6.03. The van der Waals surface area contributed by atoms with Gasteiger partial charge in [-0.05, 0) is 86.4 Å². The highest BCUT2D eigenvalue weighted by Gasteiger charge is 2.36. The maximum atomic E-state index is 6.06. The quantitative estimate of drug-likeness (QED) is 0.399. The van der Waals surface area contributed by atoms with Crippen molar-refractivity contribution < 1.29 is 0 Å². The summed E-state index contributed by atoms with van der Waals surface area (Å²) >= 11 is 0. The van der Waals surface area contributed by atoms with Gasteiger partial charge in [-0.2, -0.15) is 0 Å². The zero-order chi connectivity index (χ0) is 19.9. The van der Waals surface area contributed by atoms with Crippen molar-refractivity contribution in [3.8, 4) is 0 Å². The molecule has 1 rings (SSSR count). The third-order valence-corrected chi connectivity index (χ3v) is 7.81. The van der Waals surface area contributed by atoms with Crippen molar-refractivity contribution in [3.63, 3.8) is 0 Å². The van der Waals surface area contributed by atoms with Gasteiger partial charge in [0, 0.05) is 6.04 Å². The van der Waals surface area contributed by atoms with Gasteiger partial charge >= 0.3 is 0 Å². The third-order valence-electron chi connectivity index (χ3n) is 7.81. The molecule has 26 heavy (non-hydrogen) atoms. The number of hydrogen-bond donors (Lipinski definition) is 1. The molecule has 7 atom stereocenters. The van der Waals surface area contributed by atoms with Crippen LogP contribution in [-0.2, 0) is 0 Å². The van der Waals surface area contributed by atoms with Crippen LogP contribution < -0.4 is 5.73 Å². The minimum atomic E-state index is 0.335. The number of nitrogens with two attached hydrogens (primary N) is 1. The first kappa shape index (κ1) is 24.0. The van der Waals surface area contributed by atoms with Crippen molar-refractivity contribution in [2.45, 2.75) is 119 Å². The van der Waals surface area contributed by atoms with Gasteiger partial charge in [0.1, 0.15) is 0 Å². The Kier molecular flexibility index (Phi) is 10.2. The van der Waals surface area contributed by atoms with Gasteiger partial charge < -0.3 is 5.73 Å². The summed E-state index contributed by atoms with van der Waals surface area (Å²) in [6, 6.07) is 0.335. The lowest BCUT2D eigenvalue weighted by atomic mass is 9.63. The van der Waals surface area contributed by atoms with Crippen molar-refractivity contribution >= 4 is 0 Å². The molecular weight excluding hydrogens is 314 g/mol. The van der Waals surface area contributed by atoms with E-state index >= 15 is 0 Å². The molecule has 1 aliphatic carbocycles. The molecule has 1 fully saturated rings. The molecule has 0 radical (unpaired) electrons. The van der Waals surface area contributed by atoms with Gasteiger partial charge in [-0.3, -0.25) is 0 Å². The summed E-state index contributed by atoms with van der Waals surface area (Å²) in [5.41, 5.74) is 6.51. The van der Waals surface area contributed by atoms with Crippen LogP contribution >= 0.6 is 0 Å². The van der Waals surface area contributed by atoms with Gasteiger partial charge in [0.2, 0.25) is 0 Å². The average Bonchev–Trinajstić information content (AvgIpc) is 2.53. The standard InChI is InChI=1S/C25H51N/c1-9-11-24(25(7,8)17-18(3)14-21(6)26)16-23-13-12-22(15-20(23)5)19(4)10-2/h18-24H,9-17,26H2,1-8H3. The highest BCUT2D eigenvalue weighted by Crippen LogP contribution is 2.46. The van der Waals surface area contributed by atoms with Crippen LogP contribution in [-0.4, -0.2) is 6.04 Å². The van der Waals surface area contributed by atoms with Gasteiger partial charge in [-0.25, -0.2) is 0 Å². The van der Waals surface area contributed by atoms with Gasteiger partial charge in [0.25, 0.3) is 0 Å². The Labute approximate surface area is 166 Å². The lowest BCUT2D eigenvalue weighted by Crippen LogP contribution is -2.33. The largest absolute Gasteiger partial charge is 0.328 e. The first-order valence-corrected chi connectivity index (χ1v) is 11.9. The van der Waals surface area contributed by atoms with Crippen molar-refractivity contribution in [1.29, 1.82) is 0 Å². The van der Waals surface area contributed by atoms with Gasteiger partial charge in [0.15, 0.2) is 0 Å². The first-order chi connectivity index (χ1) is 12.1. The second kappa shape index (κ2) is 11.1. The van der Waals surface area contributed by atoms with Crippen LogP contribution in [0.1, 0.15) is 113 Å². The Balaban J connectivity index is 2.69. The summed E-state index contributed by atoms with van der Waals surface area (Å²) in [4.78, 5) is 0. The van der Waals surface area contributed by atoms with Crippen molar-refractivity contribution in [2.75, 3.05) is 0 Å². The molecule has 0 saturated heterocycles. The topological polar surface area (TPSA) is 26.0 Å². The van der Waals surface area contributed by atoms with E-state index in [1.54, 1.807) is 0 Å². The first-order valence-electron chi connectivity index (χ1n) is 11.9. The normalized spacial score (nSPS) is 29.2. The van der Waals surface area contributed by atoms with E-state index in [4.69, 9.17) is 5.73 Å². The summed E-state index contributed by atoms with van der Waals surface area (Å²) in [7, 11) is 0. The van der Waals surface area contributed by atoms with E-state index < -0.39 is 0 Å². The highest BCUT2D eigenvalue weighted by molar-refractivity contribution is 4.87. The maximum absolute atomic E-state index is 6.06. The molecule has 1 nitrogen and oxygen atoms in total. The van der Waals surface area contributed by atoms with E-state index in [0.717, 1.165) is 35.5 Å². The highest BCUT2D eigenvalue weighted by atomic mass is 14.6. The van der Waals surface area contributed by atoms with Crippen LogP contribution in [0, 0.1) is 40.9 Å². The van der Waals surface area contributed by atoms with Crippen LogP contribution in [0.3, 0.4) is 0 Å². The fourth-order valence-electron chi connectivity index (χ4n) is 6.03. The molecule has 0 amide bonds. The predicted molar refractivity (Wildman–Crippen MR) is 118 cm³/mol. The molecule has 1 heteroatoms. The SMILES string of the molecule is CCCC(CC1CCC(C(C)CC)CC1C)C(C)(C)CC(C)CC(C)N. The fraction of sp³-hybridized carbons (Fsp3) is 1.00. The molecule has 7 unspecified atom stereocenters. The smallest absolute Gasteiger partial charge is 0.00130 e. The molecular formula is C25H51N. The van der Waals surface area contributed by atoms with E-state index in [2.05, 4.69) is 55.4 Å². The molecule has 1 saturated carbocycles. The molecule has 0 heterocycles. The Morgan fingerprint density at radius 1 is 1.08 bits per heavy atom. The number of rotatable bonds is 11. The molecule has 0 bridgehead atoms. The molecule has 0 spiro atoms. The lowest BCUT2D eigenvalue weighted by molar-refractivity contribution is 0.0772. The van der Waals surface area contributed by atoms with E-state index in [-0.39, 0.29) is 0 Å². The Bertz CT molecular complexity index is 372. The lowest BCUT2D eigenvalue weighted by Gasteiger charge is -2.43. The summed E-state index contributed by atoms with van der Waals surface area (Å²) in [5, 5.41) is 0. The Morgan fingerprint density at radius 3 is 2.23 bits per heavy atom. The van der Waals surface area contributed by atoms with Crippen LogP contribution in [0.15, 0.2) is 0 Å². The minimum absolute atomic E-state index is 0.335. The zero-order valence-electron chi connectivity index (χ0n) is 19.5. The van der Waals surface area contributed by atoms with Crippen molar-refractivity contribution in [2.24, 2.45) is 46.7 Å². The third kappa shape index (κ3) is 7.53. The summed E-state index contributed by atoms with van der Waals surface area (Å²) in [5.74, 6) is 5.38. The van der Waals surface area contributed by atoms with Crippen molar-refractivity contribution in [3.05, 3.63) is 0 Å². The van der Waals surface area contributed by atoms with E-state index in [9.17, 15) is 0 Å². The second-order valence-electron chi connectivity index (χ2n) is 10.9. The molecule has 2 N–H and O–H groups in total. The second-order valence-corrected chi connectivity index (χ2v) is 10.9. The Hall–Kier alpha value is -0.0400. The molecule has 156 valence electrons. The molecule has 0 aromatic heterocycles. The zero-order valence-corrected chi connectivity index (χ0v) is 19.5. The Morgan fingerprint density at radius 2 is 1.73 bits per heavy atom. The summed E-state index contributed by atoms with van der Waals surface area (Å²) in [6.45, 7) is 19.4. The van der Waals surface area contributed by atoms with E-state index in [1.807, 2.05) is 0 Å². The van der Waals surface area contributed by atoms with Crippen LogP contribution in [0.25, 0.3) is 0 Å². The average molecular weight is 366 g/mol. The van der Waals surface area contributed by atoms with Crippen molar-refractivity contribution in [1.82, 2.24) is 0 Å². The monoisotopic (exact) mass is 365 g/mol. The van der Waals surface area contributed by atoms with Gasteiger partial charge in [-0.15, -0.1) is 0 Å². The molecule has 1 aliphatic rings. The summed E-state index contributed by atoms with van der Waals surface area (Å²) in [6.07, 6.45) is 12.5. The molecule has 0 aromatic carbocycles. The predicted octanol–water partition coefficient (Wildman–Crippen LogP) is 7.68. The maximum Gasteiger partial charge on any atom is 0.00130 e. The minimum Gasteiger partial charge on any atom is -0.328 e.